The molecule has 0 bridgehead atoms. The fourth-order valence-corrected chi connectivity index (χ4v) is 2.97. The van der Waals surface area contributed by atoms with Gasteiger partial charge in [-0.3, -0.25) is 4.98 Å². The third kappa shape index (κ3) is 3.51. The van der Waals surface area contributed by atoms with Crippen LogP contribution in [0.2, 0.25) is 0 Å². The lowest BCUT2D eigenvalue weighted by Gasteiger charge is -2.29. The Morgan fingerprint density at radius 2 is 1.92 bits per heavy atom. The molecule has 3 aromatic rings. The summed E-state index contributed by atoms with van der Waals surface area (Å²) in [5, 5.41) is 6.49. The number of piperazine rings is 1. The molecule has 4 rings (SSSR count). The van der Waals surface area contributed by atoms with Gasteiger partial charge in [-0.2, -0.15) is 0 Å². The monoisotopic (exact) mass is 338 g/mol. The molecule has 6 nitrogen and oxygen atoms in total. The first-order valence-electron chi connectivity index (χ1n) is 8.35. The van der Waals surface area contributed by atoms with Crippen LogP contribution in [0.1, 0.15) is 5.56 Å². The fourth-order valence-electron chi connectivity index (χ4n) is 2.97. The van der Waals surface area contributed by atoms with Crippen LogP contribution < -0.4 is 15.5 Å². The Kier molecular flexibility index (Phi) is 4.39. The Morgan fingerprint density at radius 1 is 1.08 bits per heavy atom. The molecule has 1 saturated heterocycles. The first kappa shape index (κ1) is 15.7. The Hall–Kier alpha value is -2.80. The van der Waals surface area contributed by atoms with E-state index in [2.05, 4.69) is 30.5 Å². The van der Waals surface area contributed by atoms with Crippen LogP contribution in [0.4, 0.5) is 15.9 Å². The number of nitrogens with zero attached hydrogens (tertiary/aromatic N) is 4. The van der Waals surface area contributed by atoms with Crippen molar-refractivity contribution in [2.45, 2.75) is 6.54 Å². The quantitative estimate of drug-likeness (QED) is 0.760. The number of hydrogen-bond donors (Lipinski definition) is 2. The van der Waals surface area contributed by atoms with Gasteiger partial charge in [-0.05, 0) is 29.8 Å². The van der Waals surface area contributed by atoms with Crippen LogP contribution in [0.5, 0.6) is 0 Å². The molecule has 7 heteroatoms. The van der Waals surface area contributed by atoms with Crippen LogP contribution in [0.15, 0.2) is 42.7 Å². The van der Waals surface area contributed by atoms with Crippen LogP contribution in [0, 0.1) is 5.82 Å². The SMILES string of the molecule is Fc1cc(CNc2ccc3nccnc3n2)ccc1N1CCNCC1. The van der Waals surface area contributed by atoms with Gasteiger partial charge in [0.1, 0.15) is 17.2 Å². The number of nitrogens with one attached hydrogen (secondary N) is 2. The zero-order valence-corrected chi connectivity index (χ0v) is 13.7. The molecule has 1 aliphatic rings. The topological polar surface area (TPSA) is 66.0 Å². The molecule has 128 valence electrons. The van der Waals surface area contributed by atoms with Gasteiger partial charge in [-0.25, -0.2) is 14.4 Å². The molecule has 2 aromatic heterocycles. The molecule has 0 aliphatic carbocycles. The number of fused-ring (bicyclic) bond motifs is 1. The molecule has 0 spiro atoms. The molecule has 1 fully saturated rings. The van der Waals surface area contributed by atoms with Gasteiger partial charge >= 0.3 is 0 Å². The second-order valence-electron chi connectivity index (χ2n) is 5.97. The number of pyridine rings is 1. The lowest BCUT2D eigenvalue weighted by Crippen LogP contribution is -2.43. The molecule has 0 radical (unpaired) electrons. The highest BCUT2D eigenvalue weighted by molar-refractivity contribution is 5.71. The molecule has 1 aromatic carbocycles. The molecule has 2 N–H and O–H groups in total. The van der Waals surface area contributed by atoms with Crippen molar-refractivity contribution in [1.29, 1.82) is 0 Å². The minimum absolute atomic E-state index is 0.182. The molecular formula is C18H19FN6. The van der Waals surface area contributed by atoms with E-state index in [4.69, 9.17) is 0 Å². The Balaban J connectivity index is 1.45. The fraction of sp³-hybridized carbons (Fsp3) is 0.278. The van der Waals surface area contributed by atoms with E-state index in [1.54, 1.807) is 18.5 Å². The largest absolute Gasteiger partial charge is 0.367 e. The van der Waals surface area contributed by atoms with Crippen molar-refractivity contribution in [3.63, 3.8) is 0 Å². The molecule has 0 atom stereocenters. The van der Waals surface area contributed by atoms with Crippen molar-refractivity contribution < 1.29 is 4.39 Å². The molecule has 0 amide bonds. The van der Waals surface area contributed by atoms with E-state index >= 15 is 0 Å². The standard InChI is InChI=1S/C18H19FN6/c19-14-11-13(1-3-16(14)25-9-7-20-8-10-25)12-23-17-4-2-15-18(24-17)22-6-5-21-15/h1-6,11,20H,7-10,12H2,(H,22,23,24). The molecule has 3 heterocycles. The number of anilines is 2. The highest BCUT2D eigenvalue weighted by atomic mass is 19.1. The predicted octanol–water partition coefficient (Wildman–Crippen LogP) is 2.19. The summed E-state index contributed by atoms with van der Waals surface area (Å²) in [5.41, 5.74) is 2.88. The Morgan fingerprint density at radius 3 is 2.76 bits per heavy atom. The van der Waals surface area contributed by atoms with E-state index < -0.39 is 0 Å². The summed E-state index contributed by atoms with van der Waals surface area (Å²) in [4.78, 5) is 14.9. The summed E-state index contributed by atoms with van der Waals surface area (Å²) in [6, 6.07) is 9.12. The van der Waals surface area contributed by atoms with Gasteiger partial charge in [0, 0.05) is 45.1 Å². The maximum Gasteiger partial charge on any atom is 0.180 e. The number of aromatic nitrogens is 3. The van der Waals surface area contributed by atoms with Crippen molar-refractivity contribution in [3.05, 3.63) is 54.1 Å². The highest BCUT2D eigenvalue weighted by Gasteiger charge is 2.14. The lowest BCUT2D eigenvalue weighted by molar-refractivity contribution is 0.566. The van der Waals surface area contributed by atoms with E-state index in [0.717, 1.165) is 37.3 Å². The van der Waals surface area contributed by atoms with Gasteiger partial charge < -0.3 is 15.5 Å². The minimum atomic E-state index is -0.182. The first-order chi connectivity index (χ1) is 12.3. The molecule has 0 saturated carbocycles. The predicted molar refractivity (Wildman–Crippen MR) is 96.1 cm³/mol. The average molecular weight is 338 g/mol. The first-order valence-corrected chi connectivity index (χ1v) is 8.35. The van der Waals surface area contributed by atoms with Gasteiger partial charge in [0.15, 0.2) is 5.65 Å². The second kappa shape index (κ2) is 6.98. The van der Waals surface area contributed by atoms with Crippen LogP contribution in [-0.2, 0) is 6.54 Å². The molecule has 0 unspecified atom stereocenters. The molecule has 25 heavy (non-hydrogen) atoms. The van der Waals surface area contributed by atoms with Gasteiger partial charge in [0.25, 0.3) is 0 Å². The number of rotatable bonds is 4. The maximum absolute atomic E-state index is 14.4. The lowest BCUT2D eigenvalue weighted by atomic mass is 10.1. The van der Waals surface area contributed by atoms with Crippen molar-refractivity contribution in [3.8, 4) is 0 Å². The summed E-state index contributed by atoms with van der Waals surface area (Å²) < 4.78 is 14.4. The smallest absolute Gasteiger partial charge is 0.180 e. The normalized spacial score (nSPS) is 14.7. The summed E-state index contributed by atoms with van der Waals surface area (Å²) in [7, 11) is 0. The van der Waals surface area contributed by atoms with Crippen LogP contribution in [0.25, 0.3) is 11.2 Å². The van der Waals surface area contributed by atoms with Crippen molar-refractivity contribution >= 4 is 22.7 Å². The second-order valence-corrected chi connectivity index (χ2v) is 5.97. The Bertz CT molecular complexity index is 878. The zero-order chi connectivity index (χ0) is 17.1. The van der Waals surface area contributed by atoms with Gasteiger partial charge in [-0.15, -0.1) is 0 Å². The maximum atomic E-state index is 14.4. The molecular weight excluding hydrogens is 319 g/mol. The summed E-state index contributed by atoms with van der Waals surface area (Å²) in [6.45, 7) is 3.93. The third-order valence-corrected chi connectivity index (χ3v) is 4.28. The van der Waals surface area contributed by atoms with E-state index in [1.165, 1.54) is 0 Å². The van der Waals surface area contributed by atoms with E-state index in [1.807, 2.05) is 24.3 Å². The van der Waals surface area contributed by atoms with Gasteiger partial charge in [-0.1, -0.05) is 6.07 Å². The van der Waals surface area contributed by atoms with Crippen molar-refractivity contribution in [1.82, 2.24) is 20.3 Å². The zero-order valence-electron chi connectivity index (χ0n) is 13.7. The number of hydrogen-bond acceptors (Lipinski definition) is 6. The van der Waals surface area contributed by atoms with Crippen LogP contribution in [-0.4, -0.2) is 41.1 Å². The van der Waals surface area contributed by atoms with E-state index in [9.17, 15) is 4.39 Å². The number of halogens is 1. The number of benzene rings is 1. The van der Waals surface area contributed by atoms with Gasteiger partial charge in [0.2, 0.25) is 0 Å². The highest BCUT2D eigenvalue weighted by Crippen LogP contribution is 2.21. The summed E-state index contributed by atoms with van der Waals surface area (Å²) in [5.74, 6) is 0.512. The van der Waals surface area contributed by atoms with Crippen LogP contribution >= 0.6 is 0 Å². The summed E-state index contributed by atoms with van der Waals surface area (Å²) in [6.07, 6.45) is 3.25. The Labute approximate surface area is 145 Å². The minimum Gasteiger partial charge on any atom is -0.367 e. The van der Waals surface area contributed by atoms with Crippen molar-refractivity contribution in [2.24, 2.45) is 0 Å². The van der Waals surface area contributed by atoms with E-state index in [0.29, 0.717) is 23.7 Å². The summed E-state index contributed by atoms with van der Waals surface area (Å²) >= 11 is 0. The van der Waals surface area contributed by atoms with Crippen LogP contribution in [0.3, 0.4) is 0 Å². The van der Waals surface area contributed by atoms with Gasteiger partial charge in [0.05, 0.1) is 5.69 Å². The third-order valence-electron chi connectivity index (χ3n) is 4.28. The molecule has 1 aliphatic heterocycles. The van der Waals surface area contributed by atoms with E-state index in [-0.39, 0.29) is 5.82 Å². The van der Waals surface area contributed by atoms with Crippen molar-refractivity contribution in [2.75, 3.05) is 36.4 Å². The average Bonchev–Trinajstić information content (AvgIpc) is 2.67.